The van der Waals surface area contributed by atoms with Crippen molar-refractivity contribution >= 4 is 33.1 Å². The second-order valence-corrected chi connectivity index (χ2v) is 5.90. The maximum absolute atomic E-state index is 6.27. The molecule has 0 amide bonds. The van der Waals surface area contributed by atoms with Gasteiger partial charge in [-0.1, -0.05) is 33.6 Å². The summed E-state index contributed by atoms with van der Waals surface area (Å²) >= 11 is 9.78. The van der Waals surface area contributed by atoms with Gasteiger partial charge in [0.2, 0.25) is 0 Å². The molecule has 2 atom stereocenters. The number of halogens is 2. The molecule has 1 aromatic rings. The van der Waals surface area contributed by atoms with E-state index in [9.17, 15) is 0 Å². The van der Waals surface area contributed by atoms with Gasteiger partial charge < -0.3 is 0 Å². The summed E-state index contributed by atoms with van der Waals surface area (Å²) in [4.78, 5) is 0. The predicted molar refractivity (Wildman–Crippen MR) is 68.1 cm³/mol. The van der Waals surface area contributed by atoms with Gasteiger partial charge in [0.25, 0.3) is 0 Å². The Morgan fingerprint density at radius 3 is 2.87 bits per heavy atom. The lowest BCUT2D eigenvalue weighted by Gasteiger charge is -2.09. The van der Waals surface area contributed by atoms with Gasteiger partial charge in [-0.25, -0.2) is 0 Å². The fraction of sp³-hybridized carbons (Fsp3) is 0.385. The SMILES string of the molecule is Cc1cc(C2=CC3CC3C2)c(Cl)cc1Br. The monoisotopic (exact) mass is 282 g/mol. The molecule has 1 aromatic carbocycles. The van der Waals surface area contributed by atoms with Gasteiger partial charge in [-0.3, -0.25) is 0 Å². The Morgan fingerprint density at radius 2 is 2.20 bits per heavy atom. The molecule has 0 spiro atoms. The lowest BCUT2D eigenvalue weighted by Crippen LogP contribution is -1.88. The van der Waals surface area contributed by atoms with Crippen molar-refractivity contribution < 1.29 is 0 Å². The van der Waals surface area contributed by atoms with Crippen molar-refractivity contribution in [3.63, 3.8) is 0 Å². The molecular formula is C13H12BrCl. The lowest BCUT2D eigenvalue weighted by molar-refractivity contribution is 0.862. The zero-order valence-electron chi connectivity index (χ0n) is 8.56. The van der Waals surface area contributed by atoms with Crippen LogP contribution >= 0.6 is 27.5 Å². The van der Waals surface area contributed by atoms with Crippen molar-refractivity contribution in [2.75, 3.05) is 0 Å². The zero-order valence-corrected chi connectivity index (χ0v) is 10.9. The minimum atomic E-state index is 0.861. The van der Waals surface area contributed by atoms with Crippen molar-refractivity contribution in [3.8, 4) is 0 Å². The van der Waals surface area contributed by atoms with Gasteiger partial charge in [0.15, 0.2) is 0 Å². The predicted octanol–water partition coefficient (Wildman–Crippen LogP) is 4.83. The van der Waals surface area contributed by atoms with E-state index in [-0.39, 0.29) is 0 Å². The van der Waals surface area contributed by atoms with E-state index in [1.807, 2.05) is 6.07 Å². The molecule has 0 aliphatic heterocycles. The highest BCUT2D eigenvalue weighted by molar-refractivity contribution is 9.10. The Balaban J connectivity index is 2.04. The largest absolute Gasteiger partial charge is 0.0836 e. The Hall–Kier alpha value is -0.270. The van der Waals surface area contributed by atoms with Crippen LogP contribution in [0.5, 0.6) is 0 Å². The fourth-order valence-corrected chi connectivity index (χ4v) is 3.18. The van der Waals surface area contributed by atoms with Crippen LogP contribution < -0.4 is 0 Å². The molecule has 1 fully saturated rings. The van der Waals surface area contributed by atoms with Crippen molar-refractivity contribution in [1.82, 2.24) is 0 Å². The van der Waals surface area contributed by atoms with E-state index < -0.39 is 0 Å². The molecule has 2 heteroatoms. The van der Waals surface area contributed by atoms with Crippen LogP contribution in [0.25, 0.3) is 5.57 Å². The summed E-state index contributed by atoms with van der Waals surface area (Å²) in [7, 11) is 0. The first-order valence-electron chi connectivity index (χ1n) is 5.32. The van der Waals surface area contributed by atoms with E-state index in [0.29, 0.717) is 0 Å². The molecule has 3 rings (SSSR count). The zero-order chi connectivity index (χ0) is 10.6. The third kappa shape index (κ3) is 1.66. The Morgan fingerprint density at radius 1 is 1.40 bits per heavy atom. The summed E-state index contributed by atoms with van der Waals surface area (Å²) in [5.74, 6) is 1.79. The van der Waals surface area contributed by atoms with Gasteiger partial charge in [-0.2, -0.15) is 0 Å². The van der Waals surface area contributed by atoms with E-state index >= 15 is 0 Å². The minimum absolute atomic E-state index is 0.861. The van der Waals surface area contributed by atoms with Crippen LogP contribution in [0.2, 0.25) is 5.02 Å². The fourth-order valence-electron chi connectivity index (χ4n) is 2.42. The Kier molecular flexibility index (Phi) is 2.22. The summed E-state index contributed by atoms with van der Waals surface area (Å²) in [5.41, 5.74) is 3.96. The molecule has 2 unspecified atom stereocenters. The summed E-state index contributed by atoms with van der Waals surface area (Å²) < 4.78 is 1.10. The maximum atomic E-state index is 6.27. The third-order valence-corrected chi connectivity index (χ3v) is 4.64. The highest BCUT2D eigenvalue weighted by Gasteiger charge is 2.41. The highest BCUT2D eigenvalue weighted by atomic mass is 79.9. The number of aryl methyl sites for hydroxylation is 1. The van der Waals surface area contributed by atoms with Crippen molar-refractivity contribution in [1.29, 1.82) is 0 Å². The molecule has 2 aliphatic carbocycles. The molecule has 0 saturated heterocycles. The molecule has 2 aliphatic rings. The highest BCUT2D eigenvalue weighted by Crippen LogP contribution is 2.53. The van der Waals surface area contributed by atoms with Gasteiger partial charge in [0.05, 0.1) is 0 Å². The van der Waals surface area contributed by atoms with E-state index in [0.717, 1.165) is 21.3 Å². The molecule has 0 radical (unpaired) electrons. The van der Waals surface area contributed by atoms with Crippen LogP contribution in [0, 0.1) is 18.8 Å². The van der Waals surface area contributed by atoms with Gasteiger partial charge in [0, 0.05) is 9.50 Å². The minimum Gasteiger partial charge on any atom is -0.0836 e. The Bertz CT molecular complexity index is 462. The van der Waals surface area contributed by atoms with E-state index in [2.05, 4.69) is 35.0 Å². The molecule has 15 heavy (non-hydrogen) atoms. The topological polar surface area (TPSA) is 0 Å². The maximum Gasteiger partial charge on any atom is 0.0492 e. The summed E-state index contributed by atoms with van der Waals surface area (Å²) in [6, 6.07) is 4.21. The number of rotatable bonds is 1. The van der Waals surface area contributed by atoms with Crippen LogP contribution in [0.15, 0.2) is 22.7 Å². The number of hydrogen-bond acceptors (Lipinski definition) is 0. The lowest BCUT2D eigenvalue weighted by atomic mass is 10.0. The molecule has 78 valence electrons. The molecule has 1 saturated carbocycles. The van der Waals surface area contributed by atoms with Crippen molar-refractivity contribution in [2.24, 2.45) is 11.8 Å². The third-order valence-electron chi connectivity index (χ3n) is 3.47. The smallest absolute Gasteiger partial charge is 0.0492 e. The average Bonchev–Trinajstić information content (AvgIpc) is 2.80. The molecule has 0 nitrogen and oxygen atoms in total. The van der Waals surface area contributed by atoms with Gasteiger partial charge in [-0.15, -0.1) is 0 Å². The van der Waals surface area contributed by atoms with Crippen LogP contribution in [-0.2, 0) is 0 Å². The molecule has 0 heterocycles. The first-order chi connectivity index (χ1) is 7.15. The quantitative estimate of drug-likeness (QED) is 0.692. The number of fused-ring (bicyclic) bond motifs is 1. The number of allylic oxidation sites excluding steroid dienone is 2. The van der Waals surface area contributed by atoms with E-state index in [1.165, 1.54) is 29.5 Å². The number of hydrogen-bond donors (Lipinski definition) is 0. The van der Waals surface area contributed by atoms with Crippen molar-refractivity contribution in [2.45, 2.75) is 19.8 Å². The van der Waals surface area contributed by atoms with Crippen LogP contribution in [0.3, 0.4) is 0 Å². The van der Waals surface area contributed by atoms with E-state index in [4.69, 9.17) is 11.6 Å². The van der Waals surface area contributed by atoms with Crippen molar-refractivity contribution in [3.05, 3.63) is 38.8 Å². The molecule has 0 aromatic heterocycles. The second kappa shape index (κ2) is 3.36. The first-order valence-corrected chi connectivity index (χ1v) is 6.49. The van der Waals surface area contributed by atoms with Crippen LogP contribution in [0.4, 0.5) is 0 Å². The molecule has 0 N–H and O–H groups in total. The van der Waals surface area contributed by atoms with E-state index in [1.54, 1.807) is 0 Å². The summed E-state index contributed by atoms with van der Waals surface area (Å²) in [5, 5.41) is 0.875. The second-order valence-electron chi connectivity index (χ2n) is 4.64. The summed E-state index contributed by atoms with van der Waals surface area (Å²) in [6.45, 7) is 2.11. The average molecular weight is 284 g/mol. The first kappa shape index (κ1) is 9.92. The normalized spacial score (nSPS) is 27.5. The standard InChI is InChI=1S/C13H12BrCl/c1-7-2-11(13(15)6-12(7)14)10-4-8-3-9(8)5-10/h2,4,6,8-9H,3,5H2,1H3. The summed E-state index contributed by atoms with van der Waals surface area (Å²) in [6.07, 6.45) is 5.04. The van der Waals surface area contributed by atoms with Gasteiger partial charge in [-0.05, 0) is 60.4 Å². The van der Waals surface area contributed by atoms with Gasteiger partial charge >= 0.3 is 0 Å². The van der Waals surface area contributed by atoms with Gasteiger partial charge in [0.1, 0.15) is 0 Å². The van der Waals surface area contributed by atoms with Crippen LogP contribution in [0.1, 0.15) is 24.0 Å². The van der Waals surface area contributed by atoms with Crippen LogP contribution in [-0.4, -0.2) is 0 Å². The number of benzene rings is 1. The molecule has 0 bridgehead atoms. The Labute approximate surface area is 103 Å². The molecular weight excluding hydrogens is 272 g/mol.